The van der Waals surface area contributed by atoms with E-state index in [4.69, 9.17) is 27.9 Å². The van der Waals surface area contributed by atoms with E-state index in [0.717, 1.165) is 4.31 Å². The van der Waals surface area contributed by atoms with E-state index in [-0.39, 0.29) is 26.7 Å². The van der Waals surface area contributed by atoms with Gasteiger partial charge in [0, 0.05) is 29.2 Å². The molecule has 0 saturated heterocycles. The van der Waals surface area contributed by atoms with Gasteiger partial charge in [0.15, 0.2) is 0 Å². The minimum atomic E-state index is -4.27. The van der Waals surface area contributed by atoms with Crippen molar-refractivity contribution in [3.8, 4) is 0 Å². The van der Waals surface area contributed by atoms with Crippen LogP contribution in [0.5, 0.6) is 0 Å². The summed E-state index contributed by atoms with van der Waals surface area (Å²) in [5.41, 5.74) is 0.670. The summed E-state index contributed by atoms with van der Waals surface area (Å²) in [6.07, 6.45) is 0.412. The normalized spacial score (nSPS) is 13.5. The first-order valence-electron chi connectivity index (χ1n) is 10.2. The summed E-state index contributed by atoms with van der Waals surface area (Å²) in [7, 11) is -2.75. The number of esters is 1. The maximum absolute atomic E-state index is 13.7. The van der Waals surface area contributed by atoms with E-state index >= 15 is 0 Å². The Hall–Kier alpha value is -2.49. The summed E-state index contributed by atoms with van der Waals surface area (Å²) in [4.78, 5) is 26.3. The Balaban J connectivity index is 2.14. The van der Waals surface area contributed by atoms with Crippen LogP contribution in [0, 0.1) is 0 Å². The molecule has 3 rings (SSSR count). The Morgan fingerprint density at radius 3 is 2.36 bits per heavy atom. The molecule has 0 fully saturated rings. The first-order chi connectivity index (χ1) is 15.3. The van der Waals surface area contributed by atoms with Gasteiger partial charge in [-0.2, -0.15) is 0 Å². The highest BCUT2D eigenvalue weighted by Gasteiger charge is 2.34. The number of hydrogen-bond donors (Lipinski definition) is 1. The van der Waals surface area contributed by atoms with Crippen LogP contribution >= 0.6 is 23.2 Å². The summed E-state index contributed by atoms with van der Waals surface area (Å²) in [6, 6.07) is 8.61. The predicted octanol–water partition coefficient (Wildman–Crippen LogP) is 4.23. The van der Waals surface area contributed by atoms with E-state index in [9.17, 15) is 18.0 Å². The first-order valence-corrected chi connectivity index (χ1v) is 12.3. The van der Waals surface area contributed by atoms with Gasteiger partial charge in [-0.05, 0) is 57.5 Å². The summed E-state index contributed by atoms with van der Waals surface area (Å²) in [5.74, 6) is -0.724. The molecule has 0 aromatic heterocycles. The van der Waals surface area contributed by atoms with Crippen molar-refractivity contribution in [1.82, 2.24) is 5.32 Å². The molecule has 8 nitrogen and oxygen atoms in total. The van der Waals surface area contributed by atoms with Crippen LogP contribution in [0.15, 0.2) is 41.3 Å². The summed E-state index contributed by atoms with van der Waals surface area (Å²) in [6.45, 7) is 4.89. The number of nitrogens with zero attached hydrogens (tertiary/aromatic N) is 2. The zero-order valence-corrected chi connectivity index (χ0v) is 21.0. The van der Waals surface area contributed by atoms with Crippen molar-refractivity contribution in [2.24, 2.45) is 0 Å². The molecule has 33 heavy (non-hydrogen) atoms. The van der Waals surface area contributed by atoms with Gasteiger partial charge in [0.1, 0.15) is 12.1 Å². The highest BCUT2D eigenvalue weighted by atomic mass is 35.5. The highest BCUT2D eigenvalue weighted by molar-refractivity contribution is 7.92. The number of carbonyl (C=O) groups is 2. The van der Waals surface area contributed by atoms with Crippen molar-refractivity contribution < 1.29 is 22.7 Å². The minimum absolute atomic E-state index is 0.141. The molecule has 11 heteroatoms. The fraction of sp³-hybridized carbons (Fsp3) is 0.364. The molecule has 1 aliphatic rings. The first kappa shape index (κ1) is 25.1. The molecule has 0 unspecified atom stereocenters. The van der Waals surface area contributed by atoms with E-state index in [1.807, 2.05) is 0 Å². The fourth-order valence-corrected chi connectivity index (χ4v) is 5.76. The average molecular weight is 514 g/mol. The number of nitrogens with one attached hydrogen (secondary N) is 1. The van der Waals surface area contributed by atoms with Gasteiger partial charge < -0.3 is 10.1 Å². The number of urea groups is 1. The molecule has 2 aromatic carbocycles. The smallest absolute Gasteiger partial charge is 0.327 e. The lowest BCUT2D eigenvalue weighted by Gasteiger charge is -2.28. The maximum Gasteiger partial charge on any atom is 0.327 e. The molecule has 178 valence electrons. The Bertz CT molecular complexity index is 1170. The number of halogens is 2. The van der Waals surface area contributed by atoms with Gasteiger partial charge in [0.25, 0.3) is 10.0 Å². The van der Waals surface area contributed by atoms with Gasteiger partial charge in [-0.15, -0.1) is 0 Å². The van der Waals surface area contributed by atoms with Crippen LogP contribution in [0.4, 0.5) is 16.2 Å². The number of rotatable bonds is 5. The average Bonchev–Trinajstić information content (AvgIpc) is 3.13. The molecule has 0 spiro atoms. The standard InChI is InChI=1S/C22H25Cl2N3O5S/c1-22(2,3)32-20(28)13-27(33(30,31)16-11-14(23)10-15(24)12-16)19-7-5-6-18-17(19)8-9-26(18)21(29)25-4/h5-7,10-12H,8-9,13H2,1-4H3,(H,25,29). The molecule has 0 bridgehead atoms. The lowest BCUT2D eigenvalue weighted by Crippen LogP contribution is -2.39. The number of fused-ring (bicyclic) bond motifs is 1. The molecule has 0 saturated carbocycles. The zero-order valence-electron chi connectivity index (χ0n) is 18.7. The number of benzene rings is 2. The third kappa shape index (κ3) is 5.54. The van der Waals surface area contributed by atoms with Crippen LogP contribution in [0.1, 0.15) is 26.3 Å². The number of hydrogen-bond acceptors (Lipinski definition) is 5. The van der Waals surface area contributed by atoms with Crippen LogP contribution < -0.4 is 14.5 Å². The number of anilines is 2. The maximum atomic E-state index is 13.7. The molecular weight excluding hydrogens is 489 g/mol. The molecule has 1 aliphatic heterocycles. The molecule has 1 heterocycles. The van der Waals surface area contributed by atoms with Crippen molar-refractivity contribution in [3.05, 3.63) is 52.0 Å². The topological polar surface area (TPSA) is 96.0 Å². The Morgan fingerprint density at radius 1 is 1.15 bits per heavy atom. The quantitative estimate of drug-likeness (QED) is 0.603. The van der Waals surface area contributed by atoms with E-state index in [2.05, 4.69) is 5.32 Å². The van der Waals surface area contributed by atoms with Gasteiger partial charge in [-0.3, -0.25) is 14.0 Å². The van der Waals surface area contributed by atoms with Gasteiger partial charge in [-0.1, -0.05) is 29.3 Å². The lowest BCUT2D eigenvalue weighted by atomic mass is 10.1. The zero-order chi connectivity index (χ0) is 24.6. The number of amides is 2. The fourth-order valence-electron chi connectivity index (χ4n) is 3.59. The van der Waals surface area contributed by atoms with Crippen LogP contribution in [0.25, 0.3) is 0 Å². The molecule has 2 amide bonds. The second kappa shape index (κ2) is 9.40. The Kier molecular flexibility index (Phi) is 7.16. The Labute approximate surface area is 203 Å². The minimum Gasteiger partial charge on any atom is -0.459 e. The third-order valence-corrected chi connectivity index (χ3v) is 7.02. The van der Waals surface area contributed by atoms with Crippen molar-refractivity contribution in [1.29, 1.82) is 0 Å². The summed E-state index contributed by atoms with van der Waals surface area (Å²) < 4.78 is 33.8. The molecule has 0 aliphatic carbocycles. The number of ether oxygens (including phenoxy) is 1. The van der Waals surface area contributed by atoms with Crippen LogP contribution in [0.3, 0.4) is 0 Å². The van der Waals surface area contributed by atoms with Gasteiger partial charge in [-0.25, -0.2) is 13.2 Å². The SMILES string of the molecule is CNC(=O)N1CCc2c1cccc2N(CC(=O)OC(C)(C)C)S(=O)(=O)c1cc(Cl)cc(Cl)c1. The van der Waals surface area contributed by atoms with E-state index < -0.39 is 28.1 Å². The van der Waals surface area contributed by atoms with Crippen molar-refractivity contribution in [2.45, 2.75) is 37.7 Å². The van der Waals surface area contributed by atoms with Crippen LogP contribution in [0.2, 0.25) is 10.0 Å². The number of sulfonamides is 1. The monoisotopic (exact) mass is 513 g/mol. The summed E-state index contributed by atoms with van der Waals surface area (Å²) in [5, 5.41) is 2.86. The van der Waals surface area contributed by atoms with E-state index in [1.54, 1.807) is 39.0 Å². The molecule has 0 atom stereocenters. The highest BCUT2D eigenvalue weighted by Crippen LogP contribution is 2.38. The lowest BCUT2D eigenvalue weighted by molar-refractivity contribution is -0.152. The van der Waals surface area contributed by atoms with E-state index in [1.165, 1.54) is 30.1 Å². The van der Waals surface area contributed by atoms with Crippen molar-refractivity contribution in [2.75, 3.05) is 29.3 Å². The van der Waals surface area contributed by atoms with E-state index in [0.29, 0.717) is 24.2 Å². The van der Waals surface area contributed by atoms with Gasteiger partial charge in [0.05, 0.1) is 16.3 Å². The van der Waals surface area contributed by atoms with Crippen molar-refractivity contribution >= 4 is 56.6 Å². The largest absolute Gasteiger partial charge is 0.459 e. The van der Waals surface area contributed by atoms with Crippen LogP contribution in [-0.2, 0) is 26.0 Å². The van der Waals surface area contributed by atoms with Gasteiger partial charge >= 0.3 is 12.0 Å². The van der Waals surface area contributed by atoms with Gasteiger partial charge in [0.2, 0.25) is 0 Å². The summed E-state index contributed by atoms with van der Waals surface area (Å²) >= 11 is 12.1. The molecule has 1 N–H and O–H groups in total. The van der Waals surface area contributed by atoms with Crippen molar-refractivity contribution in [3.63, 3.8) is 0 Å². The third-order valence-electron chi connectivity index (χ3n) is 4.85. The predicted molar refractivity (Wildman–Crippen MR) is 129 cm³/mol. The molecule has 0 radical (unpaired) electrons. The Morgan fingerprint density at radius 2 is 1.79 bits per heavy atom. The second-order valence-corrected chi connectivity index (χ2v) is 11.2. The van der Waals surface area contributed by atoms with Crippen LogP contribution in [-0.4, -0.2) is 46.2 Å². The number of carbonyl (C=O) groups excluding carboxylic acids is 2. The second-order valence-electron chi connectivity index (χ2n) is 8.43. The molecular formula is C22H25Cl2N3O5S. The molecule has 2 aromatic rings.